The molecule has 7 heteroatoms. The third-order valence-electron chi connectivity index (χ3n) is 2.22. The summed E-state index contributed by atoms with van der Waals surface area (Å²) in [6, 6.07) is 6.02. The van der Waals surface area contributed by atoms with E-state index in [1.165, 1.54) is 18.2 Å². The third kappa shape index (κ3) is 2.42. The minimum Gasteiger partial charge on any atom is -0.258 e. The molecule has 0 saturated heterocycles. The molecule has 0 atom stereocenters. The molecule has 0 N–H and O–H groups in total. The van der Waals surface area contributed by atoms with Gasteiger partial charge in [0.25, 0.3) is 5.69 Å². The molecule has 0 aliphatic heterocycles. The molecule has 92 valence electrons. The SMILES string of the molecule is O=[N+]([O-])c1ccc(Cl)nc1-c1cc(F)ccc1Cl. The summed E-state index contributed by atoms with van der Waals surface area (Å²) < 4.78 is 13.2. The van der Waals surface area contributed by atoms with Gasteiger partial charge in [-0.1, -0.05) is 23.2 Å². The van der Waals surface area contributed by atoms with E-state index in [0.717, 1.165) is 12.1 Å². The van der Waals surface area contributed by atoms with Crippen molar-refractivity contribution in [3.63, 3.8) is 0 Å². The molecule has 18 heavy (non-hydrogen) atoms. The summed E-state index contributed by atoms with van der Waals surface area (Å²) in [5.74, 6) is -0.564. The van der Waals surface area contributed by atoms with Crippen LogP contribution in [0.4, 0.5) is 10.1 Å². The highest BCUT2D eigenvalue weighted by Crippen LogP contribution is 2.34. The maximum absolute atomic E-state index is 13.2. The summed E-state index contributed by atoms with van der Waals surface area (Å²) in [4.78, 5) is 14.1. The molecule has 1 aromatic heterocycles. The summed E-state index contributed by atoms with van der Waals surface area (Å²) in [6.45, 7) is 0. The fourth-order valence-corrected chi connectivity index (χ4v) is 1.81. The molecule has 1 heterocycles. The normalized spacial score (nSPS) is 10.4. The van der Waals surface area contributed by atoms with Crippen LogP contribution in [-0.2, 0) is 0 Å². The fourth-order valence-electron chi connectivity index (χ4n) is 1.45. The summed E-state index contributed by atoms with van der Waals surface area (Å²) in [6.07, 6.45) is 0. The number of aromatic nitrogens is 1. The highest BCUT2D eigenvalue weighted by atomic mass is 35.5. The van der Waals surface area contributed by atoms with Gasteiger partial charge in [0.2, 0.25) is 0 Å². The summed E-state index contributed by atoms with van der Waals surface area (Å²) >= 11 is 11.6. The van der Waals surface area contributed by atoms with Crippen molar-refractivity contribution >= 4 is 28.9 Å². The van der Waals surface area contributed by atoms with E-state index in [1.54, 1.807) is 0 Å². The monoisotopic (exact) mass is 286 g/mol. The van der Waals surface area contributed by atoms with Crippen molar-refractivity contribution in [1.29, 1.82) is 0 Å². The number of halogens is 3. The van der Waals surface area contributed by atoms with Gasteiger partial charge in [-0.15, -0.1) is 0 Å². The lowest BCUT2D eigenvalue weighted by atomic mass is 10.1. The van der Waals surface area contributed by atoms with Crippen LogP contribution in [0.2, 0.25) is 10.2 Å². The molecule has 2 rings (SSSR count). The predicted molar refractivity (Wildman–Crippen MR) is 66.3 cm³/mol. The maximum atomic E-state index is 13.2. The minimum absolute atomic E-state index is 0.0583. The second-order valence-electron chi connectivity index (χ2n) is 3.38. The van der Waals surface area contributed by atoms with Gasteiger partial charge in [-0.25, -0.2) is 9.37 Å². The van der Waals surface area contributed by atoms with E-state index in [0.29, 0.717) is 0 Å². The molecule has 2 aromatic rings. The molecule has 0 spiro atoms. The van der Waals surface area contributed by atoms with Crippen LogP contribution in [0.3, 0.4) is 0 Å². The number of hydrogen-bond donors (Lipinski definition) is 0. The molecule has 0 saturated carbocycles. The number of nitro groups is 1. The van der Waals surface area contributed by atoms with Crippen LogP contribution in [0.1, 0.15) is 0 Å². The second-order valence-corrected chi connectivity index (χ2v) is 4.18. The van der Waals surface area contributed by atoms with Crippen molar-refractivity contribution in [1.82, 2.24) is 4.98 Å². The van der Waals surface area contributed by atoms with Crippen LogP contribution < -0.4 is 0 Å². The van der Waals surface area contributed by atoms with Crippen LogP contribution in [0.15, 0.2) is 30.3 Å². The lowest BCUT2D eigenvalue weighted by Gasteiger charge is -2.05. The van der Waals surface area contributed by atoms with Gasteiger partial charge in [0.1, 0.15) is 11.0 Å². The summed E-state index contributed by atoms with van der Waals surface area (Å²) in [5.41, 5.74) is -0.213. The standard InChI is InChI=1S/C11H5Cl2FN2O2/c12-8-2-1-6(14)5-7(8)11-9(16(17)18)3-4-10(13)15-11/h1-5H. The zero-order valence-electron chi connectivity index (χ0n) is 8.73. The van der Waals surface area contributed by atoms with Crippen LogP contribution in [0.5, 0.6) is 0 Å². The Bertz CT molecular complexity index is 634. The van der Waals surface area contributed by atoms with Crippen molar-refractivity contribution in [3.8, 4) is 11.3 Å². The lowest BCUT2D eigenvalue weighted by Crippen LogP contribution is -1.96. The number of rotatable bonds is 2. The Morgan fingerprint density at radius 2 is 1.94 bits per heavy atom. The van der Waals surface area contributed by atoms with E-state index >= 15 is 0 Å². The second kappa shape index (κ2) is 4.88. The van der Waals surface area contributed by atoms with Crippen molar-refractivity contribution in [2.45, 2.75) is 0 Å². The first-order chi connectivity index (χ1) is 8.49. The highest BCUT2D eigenvalue weighted by molar-refractivity contribution is 6.33. The molecule has 0 unspecified atom stereocenters. The maximum Gasteiger partial charge on any atom is 0.295 e. The van der Waals surface area contributed by atoms with Gasteiger partial charge < -0.3 is 0 Å². The number of hydrogen-bond acceptors (Lipinski definition) is 3. The third-order valence-corrected chi connectivity index (χ3v) is 2.76. The van der Waals surface area contributed by atoms with E-state index in [-0.39, 0.29) is 27.1 Å². The Kier molecular flexibility index (Phi) is 3.45. The first-order valence-electron chi connectivity index (χ1n) is 4.75. The van der Waals surface area contributed by atoms with Crippen molar-refractivity contribution in [2.75, 3.05) is 0 Å². The van der Waals surface area contributed by atoms with Gasteiger partial charge in [-0.3, -0.25) is 10.1 Å². The largest absolute Gasteiger partial charge is 0.295 e. The zero-order valence-corrected chi connectivity index (χ0v) is 10.2. The van der Waals surface area contributed by atoms with Crippen LogP contribution in [0.25, 0.3) is 11.3 Å². The molecule has 0 aliphatic rings. The van der Waals surface area contributed by atoms with Crippen molar-refractivity contribution < 1.29 is 9.31 Å². The van der Waals surface area contributed by atoms with Crippen molar-refractivity contribution in [2.24, 2.45) is 0 Å². The fraction of sp³-hybridized carbons (Fsp3) is 0. The molecule has 0 aliphatic carbocycles. The number of nitrogens with zero attached hydrogens (tertiary/aromatic N) is 2. The number of pyridine rings is 1. The van der Waals surface area contributed by atoms with Gasteiger partial charge in [0, 0.05) is 11.6 Å². The average Bonchev–Trinajstić information content (AvgIpc) is 2.31. The molecule has 4 nitrogen and oxygen atoms in total. The Hall–Kier alpha value is -1.72. The molecule has 0 fully saturated rings. The van der Waals surface area contributed by atoms with E-state index in [2.05, 4.69) is 4.98 Å². The quantitative estimate of drug-likeness (QED) is 0.474. The first-order valence-corrected chi connectivity index (χ1v) is 5.51. The summed E-state index contributed by atoms with van der Waals surface area (Å²) in [7, 11) is 0. The van der Waals surface area contributed by atoms with Crippen molar-refractivity contribution in [3.05, 3.63) is 56.4 Å². The van der Waals surface area contributed by atoms with Crippen LogP contribution in [0, 0.1) is 15.9 Å². The Balaban J connectivity index is 2.73. The predicted octanol–water partition coefficient (Wildman–Crippen LogP) is 4.10. The van der Waals surface area contributed by atoms with Crippen LogP contribution >= 0.6 is 23.2 Å². The topological polar surface area (TPSA) is 56.0 Å². The molecular weight excluding hydrogens is 282 g/mol. The van der Waals surface area contributed by atoms with E-state index in [4.69, 9.17) is 23.2 Å². The van der Waals surface area contributed by atoms with Gasteiger partial charge in [-0.2, -0.15) is 0 Å². The molecule has 0 radical (unpaired) electrons. The Morgan fingerprint density at radius 1 is 1.22 bits per heavy atom. The number of benzene rings is 1. The van der Waals surface area contributed by atoms with E-state index < -0.39 is 10.7 Å². The minimum atomic E-state index is -0.625. The molecule has 1 aromatic carbocycles. The molecule has 0 amide bonds. The lowest BCUT2D eigenvalue weighted by molar-refractivity contribution is -0.384. The smallest absolute Gasteiger partial charge is 0.258 e. The summed E-state index contributed by atoms with van der Waals surface area (Å²) in [5, 5.41) is 11.1. The first kappa shape index (κ1) is 12.7. The molecular formula is C11H5Cl2FN2O2. The van der Waals surface area contributed by atoms with E-state index in [9.17, 15) is 14.5 Å². The Labute approximate surface area is 111 Å². The van der Waals surface area contributed by atoms with Gasteiger partial charge in [0.15, 0.2) is 5.69 Å². The molecule has 0 bridgehead atoms. The van der Waals surface area contributed by atoms with Gasteiger partial charge >= 0.3 is 0 Å². The van der Waals surface area contributed by atoms with Gasteiger partial charge in [0.05, 0.1) is 9.95 Å². The van der Waals surface area contributed by atoms with E-state index in [1.807, 2.05) is 0 Å². The van der Waals surface area contributed by atoms with Gasteiger partial charge in [-0.05, 0) is 24.3 Å². The Morgan fingerprint density at radius 3 is 2.61 bits per heavy atom. The van der Waals surface area contributed by atoms with Crippen LogP contribution in [-0.4, -0.2) is 9.91 Å². The zero-order chi connectivity index (χ0) is 13.3. The average molecular weight is 287 g/mol. The highest BCUT2D eigenvalue weighted by Gasteiger charge is 2.20.